The van der Waals surface area contributed by atoms with Crippen molar-refractivity contribution >= 4 is 17.7 Å². The van der Waals surface area contributed by atoms with E-state index in [-0.39, 0.29) is 19.0 Å². The molecule has 0 aromatic carbocycles. The highest BCUT2D eigenvalue weighted by atomic mass is 16.6. The lowest BCUT2D eigenvalue weighted by Gasteiger charge is -2.08. The Kier molecular flexibility index (Phi) is 13.6. The van der Waals surface area contributed by atoms with Gasteiger partial charge in [-0.05, 0) is 6.42 Å². The van der Waals surface area contributed by atoms with Crippen molar-refractivity contribution in [2.75, 3.05) is 6.61 Å². The Hall–Kier alpha value is -1.43. The molecule has 6 heteroatoms. The van der Waals surface area contributed by atoms with Crippen LogP contribution in [-0.2, 0) is 23.9 Å². The third-order valence-corrected chi connectivity index (χ3v) is 5.20. The molecule has 1 fully saturated rings. The van der Waals surface area contributed by atoms with Crippen molar-refractivity contribution in [3.05, 3.63) is 0 Å². The highest BCUT2D eigenvalue weighted by molar-refractivity contribution is 6.08. The lowest BCUT2D eigenvalue weighted by molar-refractivity contribution is -0.148. The number of aliphatic hydroxyl groups is 1. The van der Waals surface area contributed by atoms with E-state index >= 15 is 0 Å². The Bertz CT molecular complexity index is 462. The van der Waals surface area contributed by atoms with Crippen LogP contribution in [0, 0.1) is 0 Å². The van der Waals surface area contributed by atoms with Crippen LogP contribution in [0.4, 0.5) is 0 Å². The van der Waals surface area contributed by atoms with E-state index in [4.69, 9.17) is 9.47 Å². The Labute approximate surface area is 169 Å². The van der Waals surface area contributed by atoms with Gasteiger partial charge in [-0.2, -0.15) is 0 Å². The first-order valence-electron chi connectivity index (χ1n) is 11.1. The zero-order valence-electron chi connectivity index (χ0n) is 17.5. The fourth-order valence-electron chi connectivity index (χ4n) is 3.40. The number of Topliss-reactive ketones (excluding diaryl/α,β-unsaturated/α-hetero) is 1. The number of cyclic esters (lactones) is 1. The zero-order valence-corrected chi connectivity index (χ0v) is 17.5. The summed E-state index contributed by atoms with van der Waals surface area (Å²) in [4.78, 5) is 34.2. The molecule has 2 atom stereocenters. The summed E-state index contributed by atoms with van der Waals surface area (Å²) in [5, 5.41) is 9.20. The minimum absolute atomic E-state index is 0.0215. The summed E-state index contributed by atoms with van der Waals surface area (Å²) in [5.41, 5.74) is 0. The van der Waals surface area contributed by atoms with Crippen LogP contribution in [0.3, 0.4) is 0 Å². The third kappa shape index (κ3) is 10.8. The van der Waals surface area contributed by atoms with Gasteiger partial charge in [-0.1, -0.05) is 84.0 Å². The number of carbonyl (C=O) groups is 3. The smallest absolute Gasteiger partial charge is 0.343 e. The van der Waals surface area contributed by atoms with Gasteiger partial charge < -0.3 is 14.6 Å². The fraction of sp³-hybridized carbons (Fsp3) is 0.864. The molecule has 0 radical (unpaired) electrons. The molecule has 1 N–H and O–H groups in total. The number of ether oxygens (including phenoxy) is 2. The van der Waals surface area contributed by atoms with Crippen LogP contribution in [0.5, 0.6) is 0 Å². The van der Waals surface area contributed by atoms with E-state index in [1.165, 1.54) is 64.2 Å². The van der Waals surface area contributed by atoms with E-state index in [0.29, 0.717) is 6.42 Å². The van der Waals surface area contributed by atoms with Crippen molar-refractivity contribution in [1.29, 1.82) is 0 Å². The minimum Gasteiger partial charge on any atom is -0.466 e. The molecule has 1 heterocycles. The molecule has 1 aliphatic heterocycles. The molecule has 0 amide bonds. The minimum atomic E-state index is -1.69. The second-order valence-corrected chi connectivity index (χ2v) is 7.73. The van der Waals surface area contributed by atoms with Crippen molar-refractivity contribution in [2.24, 2.45) is 0 Å². The van der Waals surface area contributed by atoms with Crippen LogP contribution < -0.4 is 0 Å². The number of unbranched alkanes of at least 4 members (excludes halogenated alkanes) is 12. The quantitative estimate of drug-likeness (QED) is 0.224. The second kappa shape index (κ2) is 15.5. The molecule has 1 aliphatic rings. The molecule has 0 saturated carbocycles. The van der Waals surface area contributed by atoms with Crippen molar-refractivity contribution in [3.63, 3.8) is 0 Å². The summed E-state index contributed by atoms with van der Waals surface area (Å²) in [6.07, 6.45) is 14.1. The van der Waals surface area contributed by atoms with Crippen molar-refractivity contribution < 1.29 is 29.0 Å². The van der Waals surface area contributed by atoms with Crippen LogP contribution in [0.2, 0.25) is 0 Å². The molecule has 0 bridgehead atoms. The molecular formula is C22H38O6. The maximum atomic E-state index is 11.7. The van der Waals surface area contributed by atoms with Gasteiger partial charge in [0.05, 0.1) is 6.61 Å². The van der Waals surface area contributed by atoms with Gasteiger partial charge in [-0.3, -0.25) is 9.59 Å². The van der Waals surface area contributed by atoms with Gasteiger partial charge >= 0.3 is 11.9 Å². The molecule has 2 unspecified atom stereocenters. The Balaban J connectivity index is 1.84. The SMILES string of the molecule is CCCCCCCCCCCCCCCC(=O)OCCC1OC(=O)C(O)C1=O. The number of esters is 2. The molecule has 0 aromatic heterocycles. The average molecular weight is 399 g/mol. The summed E-state index contributed by atoms with van der Waals surface area (Å²) in [5.74, 6) is -1.87. The predicted octanol–water partition coefficient (Wildman–Crippen LogP) is 4.26. The summed E-state index contributed by atoms with van der Waals surface area (Å²) in [7, 11) is 0. The number of carbonyl (C=O) groups excluding carboxylic acids is 3. The van der Waals surface area contributed by atoms with Gasteiger partial charge in [-0.25, -0.2) is 4.79 Å². The Morgan fingerprint density at radius 1 is 0.893 bits per heavy atom. The van der Waals surface area contributed by atoms with Gasteiger partial charge in [0.2, 0.25) is 11.9 Å². The lowest BCUT2D eigenvalue weighted by atomic mass is 10.0. The van der Waals surface area contributed by atoms with Crippen molar-refractivity contribution in [1.82, 2.24) is 0 Å². The summed E-state index contributed by atoms with van der Waals surface area (Å²) < 4.78 is 9.79. The van der Waals surface area contributed by atoms with Gasteiger partial charge in [0, 0.05) is 12.8 Å². The topological polar surface area (TPSA) is 89.9 Å². The van der Waals surface area contributed by atoms with Gasteiger partial charge in [0.25, 0.3) is 0 Å². The summed E-state index contributed by atoms with van der Waals surface area (Å²) in [6, 6.07) is 0. The molecule has 0 spiro atoms. The van der Waals surface area contributed by atoms with Crippen molar-refractivity contribution in [2.45, 2.75) is 115 Å². The number of hydrogen-bond acceptors (Lipinski definition) is 6. The number of ketones is 1. The van der Waals surface area contributed by atoms with E-state index < -0.39 is 24.0 Å². The maximum absolute atomic E-state index is 11.7. The van der Waals surface area contributed by atoms with E-state index in [0.717, 1.165) is 19.3 Å². The molecule has 28 heavy (non-hydrogen) atoms. The monoisotopic (exact) mass is 398 g/mol. The van der Waals surface area contributed by atoms with Crippen LogP contribution in [-0.4, -0.2) is 41.6 Å². The number of rotatable bonds is 17. The van der Waals surface area contributed by atoms with E-state index in [2.05, 4.69) is 6.92 Å². The highest BCUT2D eigenvalue weighted by Gasteiger charge is 2.41. The lowest BCUT2D eigenvalue weighted by Crippen LogP contribution is -2.26. The van der Waals surface area contributed by atoms with Crippen molar-refractivity contribution in [3.8, 4) is 0 Å². The normalized spacial score (nSPS) is 19.1. The van der Waals surface area contributed by atoms with Crippen LogP contribution in [0.25, 0.3) is 0 Å². The molecule has 1 rings (SSSR count). The molecule has 0 aromatic rings. The molecule has 6 nitrogen and oxygen atoms in total. The first kappa shape index (κ1) is 24.6. The Morgan fingerprint density at radius 3 is 1.86 bits per heavy atom. The first-order valence-corrected chi connectivity index (χ1v) is 11.1. The summed E-state index contributed by atoms with van der Waals surface area (Å²) in [6.45, 7) is 2.27. The van der Waals surface area contributed by atoms with Gasteiger partial charge in [0.1, 0.15) is 0 Å². The first-order chi connectivity index (χ1) is 13.6. The Morgan fingerprint density at radius 2 is 1.39 bits per heavy atom. The molecule has 162 valence electrons. The van der Waals surface area contributed by atoms with E-state index in [1.807, 2.05) is 0 Å². The second-order valence-electron chi connectivity index (χ2n) is 7.73. The maximum Gasteiger partial charge on any atom is 0.343 e. The summed E-state index contributed by atoms with van der Waals surface area (Å²) >= 11 is 0. The van der Waals surface area contributed by atoms with Crippen LogP contribution in [0.15, 0.2) is 0 Å². The third-order valence-electron chi connectivity index (χ3n) is 5.20. The van der Waals surface area contributed by atoms with Gasteiger partial charge in [0.15, 0.2) is 6.10 Å². The van der Waals surface area contributed by atoms with Gasteiger partial charge in [-0.15, -0.1) is 0 Å². The molecule has 0 aliphatic carbocycles. The number of hydrogen-bond donors (Lipinski definition) is 1. The largest absolute Gasteiger partial charge is 0.466 e. The fourth-order valence-corrected chi connectivity index (χ4v) is 3.40. The number of aliphatic hydroxyl groups excluding tert-OH is 1. The average Bonchev–Trinajstić information content (AvgIpc) is 2.92. The van der Waals surface area contributed by atoms with Crippen LogP contribution in [0.1, 0.15) is 103 Å². The van der Waals surface area contributed by atoms with E-state index in [1.54, 1.807) is 0 Å². The van der Waals surface area contributed by atoms with Crippen LogP contribution >= 0.6 is 0 Å². The predicted molar refractivity (Wildman–Crippen MR) is 107 cm³/mol. The zero-order chi connectivity index (χ0) is 20.6. The molecule has 1 saturated heterocycles. The highest BCUT2D eigenvalue weighted by Crippen LogP contribution is 2.15. The standard InChI is InChI=1S/C22H38O6/c1-2-3-4-5-6-7-8-9-10-11-12-13-14-15-19(23)27-17-16-18-20(24)21(25)22(26)28-18/h18,21,25H,2-17H2,1H3. The van der Waals surface area contributed by atoms with E-state index in [9.17, 15) is 19.5 Å². The molecular weight excluding hydrogens is 360 g/mol.